The first kappa shape index (κ1) is 31.3. The maximum Gasteiger partial charge on any atom is 0.262 e. The van der Waals surface area contributed by atoms with E-state index in [2.05, 4.69) is 61.7 Å². The molecule has 0 unspecified atom stereocenters. The second-order valence-electron chi connectivity index (χ2n) is 11.0. The summed E-state index contributed by atoms with van der Waals surface area (Å²) in [4.78, 5) is 18.7. The van der Waals surface area contributed by atoms with Gasteiger partial charge in [-0.15, -0.1) is 0 Å². The van der Waals surface area contributed by atoms with E-state index in [-0.39, 0.29) is 5.91 Å². The summed E-state index contributed by atoms with van der Waals surface area (Å²) in [6.07, 6.45) is 3.90. The maximum absolute atomic E-state index is 14.5. The van der Waals surface area contributed by atoms with Crippen molar-refractivity contribution in [3.8, 4) is 11.5 Å². The lowest BCUT2D eigenvalue weighted by atomic mass is 10.0. The summed E-state index contributed by atoms with van der Waals surface area (Å²) >= 11 is 0. The summed E-state index contributed by atoms with van der Waals surface area (Å²) in [5.74, 6) is 1.14. The van der Waals surface area contributed by atoms with Crippen LogP contribution in [0.15, 0.2) is 73.3 Å². The molecule has 3 aromatic rings. The van der Waals surface area contributed by atoms with Gasteiger partial charge in [-0.25, -0.2) is 0 Å². The van der Waals surface area contributed by atoms with Crippen LogP contribution in [-0.2, 0) is 17.8 Å². The van der Waals surface area contributed by atoms with Crippen LogP contribution in [0.3, 0.4) is 0 Å². The van der Waals surface area contributed by atoms with Crippen LogP contribution in [0, 0.1) is 0 Å². The minimum absolute atomic E-state index is 0.117. The number of hydrogen-bond donors (Lipinski definition) is 0. The van der Waals surface area contributed by atoms with Crippen molar-refractivity contribution in [2.75, 3.05) is 44.4 Å². The molecular weight excluding hydrogens is 524 g/mol. The standard InChI is InChI=1S/C36H46N2O4/c1-5-7-20-41-34-25-35(42-21-8-6-2)33(24-32(34)28(3)4)36(39)38(27-29-12-10-9-11-13-29)31-16-14-30(15-17-31)26-37-18-22-40-23-19-37/h9-17,24-25H,3,5-8,18-23,26-27H2,1-2,4H3. The zero-order valence-electron chi connectivity index (χ0n) is 25.6. The van der Waals surface area contributed by atoms with Crippen molar-refractivity contribution in [2.45, 2.75) is 59.5 Å². The number of anilines is 1. The fraction of sp³-hybridized carbons (Fsp3) is 0.417. The first-order valence-corrected chi connectivity index (χ1v) is 15.3. The highest BCUT2D eigenvalue weighted by Gasteiger charge is 2.25. The van der Waals surface area contributed by atoms with Gasteiger partial charge in [0.05, 0.1) is 38.5 Å². The third-order valence-electron chi connectivity index (χ3n) is 7.47. The van der Waals surface area contributed by atoms with Gasteiger partial charge >= 0.3 is 0 Å². The van der Waals surface area contributed by atoms with Gasteiger partial charge in [-0.3, -0.25) is 9.69 Å². The van der Waals surface area contributed by atoms with Crippen LogP contribution in [0.5, 0.6) is 11.5 Å². The van der Waals surface area contributed by atoms with Gasteiger partial charge in [0.25, 0.3) is 5.91 Å². The molecule has 0 aliphatic carbocycles. The summed E-state index contributed by atoms with van der Waals surface area (Å²) in [6.45, 7) is 16.3. The molecule has 0 radical (unpaired) electrons. The Morgan fingerprint density at radius 2 is 1.48 bits per heavy atom. The van der Waals surface area contributed by atoms with Gasteiger partial charge in [-0.1, -0.05) is 75.7 Å². The van der Waals surface area contributed by atoms with Crippen LogP contribution >= 0.6 is 0 Å². The van der Waals surface area contributed by atoms with E-state index in [1.54, 1.807) is 0 Å². The van der Waals surface area contributed by atoms with Crippen molar-refractivity contribution >= 4 is 17.2 Å². The second kappa shape index (κ2) is 16.1. The molecule has 6 nitrogen and oxygen atoms in total. The van der Waals surface area contributed by atoms with Crippen molar-refractivity contribution in [3.05, 3.63) is 95.6 Å². The average Bonchev–Trinajstić information content (AvgIpc) is 3.01. The fourth-order valence-corrected chi connectivity index (χ4v) is 4.94. The van der Waals surface area contributed by atoms with Crippen LogP contribution < -0.4 is 14.4 Å². The minimum atomic E-state index is -0.117. The van der Waals surface area contributed by atoms with Crippen molar-refractivity contribution < 1.29 is 19.0 Å². The highest BCUT2D eigenvalue weighted by Crippen LogP contribution is 2.35. The smallest absolute Gasteiger partial charge is 0.262 e. The van der Waals surface area contributed by atoms with E-state index in [0.717, 1.165) is 80.9 Å². The molecule has 1 saturated heterocycles. The highest BCUT2D eigenvalue weighted by molar-refractivity contribution is 6.08. The zero-order chi connectivity index (χ0) is 29.7. The number of benzene rings is 3. The fourth-order valence-electron chi connectivity index (χ4n) is 4.94. The van der Waals surface area contributed by atoms with Crippen LogP contribution in [0.25, 0.3) is 5.57 Å². The van der Waals surface area contributed by atoms with Crippen molar-refractivity contribution in [1.29, 1.82) is 0 Å². The predicted octanol–water partition coefficient (Wildman–Crippen LogP) is 7.76. The number of carbonyl (C=O) groups is 1. The molecule has 0 atom stereocenters. The average molecular weight is 571 g/mol. The summed E-state index contributed by atoms with van der Waals surface area (Å²) in [5, 5.41) is 0. The normalized spacial score (nSPS) is 13.5. The monoisotopic (exact) mass is 570 g/mol. The van der Waals surface area contributed by atoms with Crippen LogP contribution in [0.1, 0.15) is 73.5 Å². The Morgan fingerprint density at radius 1 is 0.857 bits per heavy atom. The SMILES string of the molecule is C=C(C)c1cc(C(=O)N(Cc2ccccc2)c2ccc(CN3CCOCC3)cc2)c(OCCCC)cc1OCCCC. The molecule has 1 aliphatic heterocycles. The Kier molecular flexibility index (Phi) is 12.0. The molecule has 1 amide bonds. The highest BCUT2D eigenvalue weighted by atomic mass is 16.5. The zero-order valence-corrected chi connectivity index (χ0v) is 25.6. The minimum Gasteiger partial charge on any atom is -0.493 e. The number of morpholine rings is 1. The summed E-state index contributed by atoms with van der Waals surface area (Å²) in [6, 6.07) is 22.2. The van der Waals surface area contributed by atoms with Gasteiger partial charge < -0.3 is 19.1 Å². The van der Waals surface area contributed by atoms with E-state index in [9.17, 15) is 4.79 Å². The van der Waals surface area contributed by atoms with Crippen molar-refractivity contribution in [2.24, 2.45) is 0 Å². The molecule has 1 aliphatic rings. The number of carbonyl (C=O) groups excluding carboxylic acids is 1. The number of amides is 1. The number of hydrogen-bond acceptors (Lipinski definition) is 5. The second-order valence-corrected chi connectivity index (χ2v) is 11.0. The van der Waals surface area contributed by atoms with Crippen molar-refractivity contribution in [1.82, 2.24) is 4.90 Å². The molecule has 0 N–H and O–H groups in total. The number of nitrogens with zero attached hydrogens (tertiary/aromatic N) is 2. The molecule has 0 spiro atoms. The summed E-state index contributed by atoms with van der Waals surface area (Å²) in [7, 11) is 0. The largest absolute Gasteiger partial charge is 0.493 e. The maximum atomic E-state index is 14.5. The summed E-state index contributed by atoms with van der Waals surface area (Å²) in [5.41, 5.74) is 5.30. The molecule has 1 heterocycles. The number of unbranched alkanes of at least 4 members (excludes halogenated alkanes) is 2. The van der Waals surface area contributed by atoms with Crippen LogP contribution in [0.4, 0.5) is 5.69 Å². The predicted molar refractivity (Wildman–Crippen MR) is 171 cm³/mol. The molecule has 0 aromatic heterocycles. The topological polar surface area (TPSA) is 51.2 Å². The first-order valence-electron chi connectivity index (χ1n) is 15.3. The van der Waals surface area contributed by atoms with E-state index >= 15 is 0 Å². The van der Waals surface area contributed by atoms with Gasteiger partial charge in [0.2, 0.25) is 0 Å². The first-order chi connectivity index (χ1) is 20.5. The lowest BCUT2D eigenvalue weighted by Gasteiger charge is -2.27. The van der Waals surface area contributed by atoms with Gasteiger partial charge in [0, 0.05) is 37.0 Å². The van der Waals surface area contributed by atoms with Gasteiger partial charge in [-0.05, 0) is 54.7 Å². The lowest BCUT2D eigenvalue weighted by molar-refractivity contribution is 0.0342. The third kappa shape index (κ3) is 8.70. The third-order valence-corrected chi connectivity index (χ3v) is 7.47. The van der Waals surface area contributed by atoms with E-state index < -0.39 is 0 Å². The van der Waals surface area contributed by atoms with Gasteiger partial charge in [-0.2, -0.15) is 0 Å². The van der Waals surface area contributed by atoms with Crippen LogP contribution in [-0.4, -0.2) is 50.3 Å². The Bertz CT molecular complexity index is 1280. The molecule has 42 heavy (non-hydrogen) atoms. The van der Waals surface area contributed by atoms with E-state index in [0.29, 0.717) is 36.8 Å². The molecule has 0 bridgehead atoms. The number of rotatable bonds is 15. The Balaban J connectivity index is 1.70. The van der Waals surface area contributed by atoms with Crippen LogP contribution in [0.2, 0.25) is 0 Å². The Hall–Kier alpha value is -3.61. The summed E-state index contributed by atoms with van der Waals surface area (Å²) < 4.78 is 17.9. The van der Waals surface area contributed by atoms with E-state index in [1.165, 1.54) is 5.56 Å². The number of allylic oxidation sites excluding steroid dienone is 1. The number of ether oxygens (including phenoxy) is 3. The molecule has 224 valence electrons. The molecule has 3 aromatic carbocycles. The lowest BCUT2D eigenvalue weighted by Crippen LogP contribution is -2.35. The van der Waals surface area contributed by atoms with Gasteiger partial charge in [0.1, 0.15) is 11.5 Å². The van der Waals surface area contributed by atoms with Crippen molar-refractivity contribution in [3.63, 3.8) is 0 Å². The van der Waals surface area contributed by atoms with Gasteiger partial charge in [0.15, 0.2) is 0 Å². The molecule has 6 heteroatoms. The molecular formula is C36H46N2O4. The van der Waals surface area contributed by atoms with E-state index in [4.69, 9.17) is 14.2 Å². The molecule has 1 fully saturated rings. The molecule has 4 rings (SSSR count). The Morgan fingerprint density at radius 3 is 2.07 bits per heavy atom. The quantitative estimate of drug-likeness (QED) is 0.175. The Labute approximate surface area is 251 Å². The van der Waals surface area contributed by atoms with E-state index in [1.807, 2.05) is 42.2 Å². The molecule has 0 saturated carbocycles.